The van der Waals surface area contributed by atoms with Gasteiger partial charge in [-0.15, -0.1) is 0 Å². The van der Waals surface area contributed by atoms with Gasteiger partial charge in [-0.3, -0.25) is 4.79 Å². The largest absolute Gasteiger partial charge is 0.481 e. The van der Waals surface area contributed by atoms with Gasteiger partial charge in [-0.25, -0.2) is 12.8 Å². The van der Waals surface area contributed by atoms with E-state index in [0.717, 1.165) is 10.4 Å². The molecule has 0 spiro atoms. The minimum atomic E-state index is -4.03. The molecule has 0 bridgehead atoms. The summed E-state index contributed by atoms with van der Waals surface area (Å²) in [5.41, 5.74) is 0.626. The molecule has 1 aliphatic heterocycles. The maximum Gasteiger partial charge on any atom is 0.308 e. The molecular weight excluding hydrogens is 297 g/mol. The summed E-state index contributed by atoms with van der Waals surface area (Å²) in [5, 5.41) is 9.16. The molecule has 0 aliphatic carbocycles. The Morgan fingerprint density at radius 1 is 1.43 bits per heavy atom. The van der Waals surface area contributed by atoms with E-state index in [1.807, 2.05) is 0 Å². The average molecular weight is 315 g/mol. The summed E-state index contributed by atoms with van der Waals surface area (Å²) < 4.78 is 40.2. The van der Waals surface area contributed by atoms with Crippen LogP contribution in [0.2, 0.25) is 0 Å². The minimum Gasteiger partial charge on any atom is -0.481 e. The molecule has 0 amide bonds. The number of carbonyl (C=O) groups is 1. The lowest BCUT2D eigenvalue weighted by Crippen LogP contribution is -2.49. The predicted molar refractivity (Wildman–Crippen MR) is 74.9 cm³/mol. The molecule has 0 unspecified atom stereocenters. The first kappa shape index (κ1) is 15.9. The number of halogens is 1. The Kier molecular flexibility index (Phi) is 4.34. The van der Waals surface area contributed by atoms with Gasteiger partial charge in [0.05, 0.1) is 5.92 Å². The van der Waals surface area contributed by atoms with Gasteiger partial charge >= 0.3 is 5.97 Å². The molecule has 7 heteroatoms. The van der Waals surface area contributed by atoms with E-state index in [4.69, 9.17) is 5.11 Å². The molecule has 1 aromatic carbocycles. The van der Waals surface area contributed by atoms with Gasteiger partial charge in [0, 0.05) is 12.6 Å². The van der Waals surface area contributed by atoms with E-state index in [9.17, 15) is 17.6 Å². The summed E-state index contributed by atoms with van der Waals surface area (Å²) in [5.74, 6) is -2.59. The van der Waals surface area contributed by atoms with Gasteiger partial charge in [-0.2, -0.15) is 4.31 Å². The molecule has 116 valence electrons. The lowest BCUT2D eigenvalue weighted by atomic mass is 9.92. The number of piperidine rings is 1. The molecule has 1 aromatic rings. The first-order valence-corrected chi connectivity index (χ1v) is 8.20. The Morgan fingerprint density at radius 3 is 2.67 bits per heavy atom. The molecule has 2 atom stereocenters. The van der Waals surface area contributed by atoms with Crippen LogP contribution < -0.4 is 0 Å². The van der Waals surface area contributed by atoms with Crippen LogP contribution in [-0.4, -0.2) is 36.4 Å². The monoisotopic (exact) mass is 315 g/mol. The van der Waals surface area contributed by atoms with Gasteiger partial charge in [-0.1, -0.05) is 6.07 Å². The zero-order chi connectivity index (χ0) is 15.8. The van der Waals surface area contributed by atoms with Crippen LogP contribution in [0.25, 0.3) is 0 Å². The maximum atomic E-state index is 14.0. The van der Waals surface area contributed by atoms with Crippen molar-refractivity contribution in [2.24, 2.45) is 5.92 Å². The van der Waals surface area contributed by atoms with Gasteiger partial charge < -0.3 is 5.11 Å². The van der Waals surface area contributed by atoms with Crippen molar-refractivity contribution in [2.75, 3.05) is 6.54 Å². The number of carboxylic acids is 1. The van der Waals surface area contributed by atoms with Gasteiger partial charge in [0.1, 0.15) is 10.7 Å². The number of hydrogen-bond acceptors (Lipinski definition) is 3. The summed E-state index contributed by atoms with van der Waals surface area (Å²) in [6, 6.07) is 3.23. The smallest absolute Gasteiger partial charge is 0.308 e. The fourth-order valence-electron chi connectivity index (χ4n) is 2.72. The molecule has 0 saturated carbocycles. The summed E-state index contributed by atoms with van der Waals surface area (Å²) in [7, 11) is -4.03. The molecule has 1 saturated heterocycles. The Hall–Kier alpha value is -1.47. The Balaban J connectivity index is 2.41. The van der Waals surface area contributed by atoms with Crippen LogP contribution in [-0.2, 0) is 14.8 Å². The van der Waals surface area contributed by atoms with Crippen LogP contribution >= 0.6 is 0 Å². The molecule has 2 rings (SSSR count). The lowest BCUT2D eigenvalue weighted by molar-refractivity contribution is -0.144. The molecular formula is C14H18FNO4S. The SMILES string of the molecule is Cc1ccc(S(=O)(=O)N2CCC[C@@H](C(=O)O)[C@H]2C)c(F)c1. The second kappa shape index (κ2) is 5.73. The highest BCUT2D eigenvalue weighted by Gasteiger charge is 2.40. The second-order valence-electron chi connectivity index (χ2n) is 5.38. The topological polar surface area (TPSA) is 74.7 Å². The summed E-state index contributed by atoms with van der Waals surface area (Å²) >= 11 is 0. The zero-order valence-corrected chi connectivity index (χ0v) is 12.7. The van der Waals surface area contributed by atoms with Crippen LogP contribution in [0.15, 0.2) is 23.1 Å². The Bertz CT molecular complexity index is 659. The molecule has 5 nitrogen and oxygen atoms in total. The molecule has 1 aliphatic rings. The highest BCUT2D eigenvalue weighted by atomic mass is 32.2. The van der Waals surface area contributed by atoms with E-state index in [1.165, 1.54) is 12.1 Å². The third-order valence-electron chi connectivity index (χ3n) is 3.92. The molecule has 1 N–H and O–H groups in total. The first-order valence-electron chi connectivity index (χ1n) is 6.76. The number of nitrogens with zero attached hydrogens (tertiary/aromatic N) is 1. The van der Waals surface area contributed by atoms with Crippen molar-refractivity contribution in [2.45, 2.75) is 37.6 Å². The van der Waals surface area contributed by atoms with E-state index in [0.29, 0.717) is 18.4 Å². The normalized spacial score (nSPS) is 24.0. The summed E-state index contributed by atoms with van der Waals surface area (Å²) in [4.78, 5) is 10.8. The molecule has 0 radical (unpaired) electrons. The standard InChI is InChI=1S/C14H18FNO4S/c1-9-5-6-13(12(15)8-9)21(19,20)16-7-3-4-11(10(16)2)14(17)18/h5-6,8,10-11H,3-4,7H2,1-2H3,(H,17,18)/t10-,11-/m1/s1. The van der Waals surface area contributed by atoms with Crippen molar-refractivity contribution in [1.82, 2.24) is 4.31 Å². The van der Waals surface area contributed by atoms with Crippen molar-refractivity contribution in [1.29, 1.82) is 0 Å². The van der Waals surface area contributed by atoms with Crippen LogP contribution in [0.5, 0.6) is 0 Å². The first-order chi connectivity index (χ1) is 9.75. The van der Waals surface area contributed by atoms with Crippen molar-refractivity contribution in [3.8, 4) is 0 Å². The van der Waals surface area contributed by atoms with Crippen LogP contribution in [0.1, 0.15) is 25.3 Å². The number of sulfonamides is 1. The van der Waals surface area contributed by atoms with Gasteiger partial charge in [0.15, 0.2) is 0 Å². The van der Waals surface area contributed by atoms with Crippen molar-refractivity contribution in [3.63, 3.8) is 0 Å². The lowest BCUT2D eigenvalue weighted by Gasteiger charge is -2.36. The van der Waals surface area contributed by atoms with Gasteiger partial charge in [0.2, 0.25) is 10.0 Å². The maximum absolute atomic E-state index is 14.0. The minimum absolute atomic E-state index is 0.209. The van der Waals surface area contributed by atoms with Crippen LogP contribution in [0.4, 0.5) is 4.39 Å². The highest BCUT2D eigenvalue weighted by Crippen LogP contribution is 2.30. The molecule has 1 heterocycles. The van der Waals surface area contributed by atoms with E-state index in [2.05, 4.69) is 0 Å². The number of hydrogen-bond donors (Lipinski definition) is 1. The number of aliphatic carboxylic acids is 1. The number of carboxylic acid groups (broad SMARTS) is 1. The Morgan fingerprint density at radius 2 is 2.10 bits per heavy atom. The quantitative estimate of drug-likeness (QED) is 0.926. The van der Waals surface area contributed by atoms with E-state index < -0.39 is 38.7 Å². The van der Waals surface area contributed by atoms with E-state index >= 15 is 0 Å². The number of rotatable bonds is 3. The third kappa shape index (κ3) is 2.94. The van der Waals surface area contributed by atoms with E-state index in [1.54, 1.807) is 13.8 Å². The van der Waals surface area contributed by atoms with Crippen molar-refractivity contribution in [3.05, 3.63) is 29.6 Å². The number of benzene rings is 1. The Labute approximate surface area is 123 Å². The van der Waals surface area contributed by atoms with Crippen molar-refractivity contribution >= 4 is 16.0 Å². The van der Waals surface area contributed by atoms with Gasteiger partial charge in [-0.05, 0) is 44.4 Å². The molecule has 21 heavy (non-hydrogen) atoms. The fourth-order valence-corrected chi connectivity index (χ4v) is 4.48. The fraction of sp³-hybridized carbons (Fsp3) is 0.500. The predicted octanol–water partition coefficient (Wildman–Crippen LogP) is 2.01. The zero-order valence-electron chi connectivity index (χ0n) is 11.9. The van der Waals surface area contributed by atoms with Crippen LogP contribution in [0, 0.1) is 18.7 Å². The highest BCUT2D eigenvalue weighted by molar-refractivity contribution is 7.89. The second-order valence-corrected chi connectivity index (χ2v) is 7.24. The summed E-state index contributed by atoms with van der Waals surface area (Å²) in [6.07, 6.45) is 0.882. The average Bonchev–Trinajstić information content (AvgIpc) is 2.37. The summed E-state index contributed by atoms with van der Waals surface area (Å²) in [6.45, 7) is 3.44. The van der Waals surface area contributed by atoms with Crippen molar-refractivity contribution < 1.29 is 22.7 Å². The van der Waals surface area contributed by atoms with Gasteiger partial charge in [0.25, 0.3) is 0 Å². The third-order valence-corrected chi connectivity index (χ3v) is 5.94. The molecule has 0 aromatic heterocycles. The van der Waals surface area contributed by atoms with Crippen LogP contribution in [0.3, 0.4) is 0 Å². The number of aryl methyl sites for hydroxylation is 1. The van der Waals surface area contributed by atoms with E-state index in [-0.39, 0.29) is 6.54 Å². The molecule has 1 fully saturated rings.